The molecule has 4 rings (SSSR count). The van der Waals surface area contributed by atoms with Gasteiger partial charge in [0.2, 0.25) is 5.91 Å². The normalized spacial score (nSPS) is 11.1. The number of hydrogen-bond acceptors (Lipinski definition) is 3. The molecule has 0 aliphatic carbocycles. The number of benzene rings is 1. The maximum Gasteiger partial charge on any atom is 0.242 e. The van der Waals surface area contributed by atoms with E-state index in [9.17, 15) is 4.79 Å². The Bertz CT molecular complexity index is 1130. The number of rotatable bonds is 5. The van der Waals surface area contributed by atoms with Gasteiger partial charge in [-0.1, -0.05) is 23.7 Å². The first-order valence-electron chi connectivity index (χ1n) is 9.00. The molecule has 1 N–H and O–H groups in total. The molecule has 3 heterocycles. The minimum absolute atomic E-state index is 0.0985. The SMILES string of the molecule is Cc1cc(C)c2c(-n3cccc3)nn(CC(=O)NCc3ccc(Cl)cc3)c2n1. The molecule has 0 spiro atoms. The zero-order valence-corrected chi connectivity index (χ0v) is 16.4. The Morgan fingerprint density at radius 2 is 1.86 bits per heavy atom. The molecule has 0 aliphatic heterocycles. The lowest BCUT2D eigenvalue weighted by molar-refractivity contribution is -0.121. The summed E-state index contributed by atoms with van der Waals surface area (Å²) in [5.41, 5.74) is 3.68. The fourth-order valence-electron chi connectivity index (χ4n) is 3.25. The van der Waals surface area contributed by atoms with Gasteiger partial charge in [0.15, 0.2) is 11.5 Å². The summed E-state index contributed by atoms with van der Waals surface area (Å²) in [6, 6.07) is 13.3. The zero-order chi connectivity index (χ0) is 19.7. The van der Waals surface area contributed by atoms with Crippen LogP contribution in [0.5, 0.6) is 0 Å². The van der Waals surface area contributed by atoms with E-state index < -0.39 is 0 Å². The maximum atomic E-state index is 12.5. The van der Waals surface area contributed by atoms with Gasteiger partial charge >= 0.3 is 0 Å². The number of hydrogen-bond donors (Lipinski definition) is 1. The highest BCUT2D eigenvalue weighted by molar-refractivity contribution is 6.30. The highest BCUT2D eigenvalue weighted by Gasteiger charge is 2.17. The molecule has 4 aromatic rings. The standard InChI is InChI=1S/C21H20ClN5O/c1-14-11-15(2)24-20-19(14)21(26-9-3-4-10-26)25-27(20)13-18(28)23-12-16-5-7-17(22)8-6-16/h3-11H,12-13H2,1-2H3,(H,23,28). The van der Waals surface area contributed by atoms with Gasteiger partial charge in [-0.05, 0) is 55.3 Å². The van der Waals surface area contributed by atoms with Crippen LogP contribution in [0.15, 0.2) is 54.9 Å². The van der Waals surface area contributed by atoms with Gasteiger partial charge < -0.3 is 9.88 Å². The summed E-state index contributed by atoms with van der Waals surface area (Å²) in [7, 11) is 0. The van der Waals surface area contributed by atoms with Gasteiger partial charge in [-0.15, -0.1) is 0 Å². The molecule has 0 saturated carbocycles. The van der Waals surface area contributed by atoms with Crippen molar-refractivity contribution in [2.24, 2.45) is 0 Å². The molecule has 0 fully saturated rings. The van der Waals surface area contributed by atoms with Crippen LogP contribution in [0, 0.1) is 13.8 Å². The van der Waals surface area contributed by atoms with Crippen molar-refractivity contribution in [1.29, 1.82) is 0 Å². The van der Waals surface area contributed by atoms with Crippen molar-refractivity contribution < 1.29 is 4.79 Å². The van der Waals surface area contributed by atoms with E-state index in [4.69, 9.17) is 11.6 Å². The van der Waals surface area contributed by atoms with E-state index in [1.165, 1.54) is 0 Å². The average molecular weight is 394 g/mol. The predicted molar refractivity (Wildman–Crippen MR) is 110 cm³/mol. The van der Waals surface area contributed by atoms with Gasteiger partial charge in [0.05, 0.1) is 5.39 Å². The summed E-state index contributed by atoms with van der Waals surface area (Å²) in [5, 5.41) is 9.23. The van der Waals surface area contributed by atoms with Gasteiger partial charge in [0, 0.05) is 29.7 Å². The fourth-order valence-corrected chi connectivity index (χ4v) is 3.38. The highest BCUT2D eigenvalue weighted by Crippen LogP contribution is 2.25. The molecule has 0 unspecified atom stereocenters. The van der Waals surface area contributed by atoms with E-state index in [0.717, 1.165) is 28.0 Å². The van der Waals surface area contributed by atoms with Crippen LogP contribution in [-0.2, 0) is 17.9 Å². The third kappa shape index (κ3) is 3.64. The Hall–Kier alpha value is -3.12. The van der Waals surface area contributed by atoms with Crippen molar-refractivity contribution in [2.75, 3.05) is 0 Å². The summed E-state index contributed by atoms with van der Waals surface area (Å²) in [6.07, 6.45) is 3.87. The van der Waals surface area contributed by atoms with Crippen LogP contribution in [0.4, 0.5) is 0 Å². The second-order valence-corrected chi connectivity index (χ2v) is 7.19. The molecule has 1 aromatic carbocycles. The largest absolute Gasteiger partial charge is 0.350 e. The summed E-state index contributed by atoms with van der Waals surface area (Å²) >= 11 is 5.90. The van der Waals surface area contributed by atoms with E-state index in [1.54, 1.807) is 4.68 Å². The van der Waals surface area contributed by atoms with Crippen molar-refractivity contribution in [3.8, 4) is 5.82 Å². The average Bonchev–Trinajstić information content (AvgIpc) is 3.30. The number of fused-ring (bicyclic) bond motifs is 1. The molecule has 0 atom stereocenters. The van der Waals surface area contributed by atoms with Crippen LogP contribution in [0.1, 0.15) is 16.8 Å². The van der Waals surface area contributed by atoms with Crippen LogP contribution in [0.25, 0.3) is 16.9 Å². The molecule has 0 aliphatic rings. The van der Waals surface area contributed by atoms with Gasteiger partial charge in [-0.3, -0.25) is 4.79 Å². The van der Waals surface area contributed by atoms with Crippen molar-refractivity contribution >= 4 is 28.5 Å². The molecule has 6 nitrogen and oxygen atoms in total. The number of pyridine rings is 1. The minimum Gasteiger partial charge on any atom is -0.350 e. The molecule has 28 heavy (non-hydrogen) atoms. The molecule has 0 bridgehead atoms. The second kappa shape index (κ2) is 7.48. The number of halogens is 1. The van der Waals surface area contributed by atoms with E-state index in [1.807, 2.05) is 73.3 Å². The Morgan fingerprint density at radius 1 is 1.14 bits per heavy atom. The minimum atomic E-state index is -0.126. The predicted octanol–water partition coefficient (Wildman–Crippen LogP) is 3.81. The fraction of sp³-hybridized carbons (Fsp3) is 0.190. The number of nitrogens with zero attached hydrogens (tertiary/aromatic N) is 4. The Balaban J connectivity index is 1.61. The van der Waals surface area contributed by atoms with Crippen molar-refractivity contribution in [1.82, 2.24) is 24.6 Å². The lowest BCUT2D eigenvalue weighted by Crippen LogP contribution is -2.27. The Morgan fingerprint density at radius 3 is 2.57 bits per heavy atom. The third-order valence-electron chi connectivity index (χ3n) is 4.55. The lowest BCUT2D eigenvalue weighted by atomic mass is 10.2. The van der Waals surface area contributed by atoms with Gasteiger partial charge in [0.1, 0.15) is 6.54 Å². The number of aromatic nitrogens is 4. The van der Waals surface area contributed by atoms with Gasteiger partial charge in [-0.2, -0.15) is 5.10 Å². The van der Waals surface area contributed by atoms with Crippen molar-refractivity contribution in [2.45, 2.75) is 26.9 Å². The van der Waals surface area contributed by atoms with Crippen LogP contribution in [-0.4, -0.2) is 25.2 Å². The quantitative estimate of drug-likeness (QED) is 0.560. The number of carbonyl (C=O) groups is 1. The highest BCUT2D eigenvalue weighted by atomic mass is 35.5. The molecule has 7 heteroatoms. The first-order chi connectivity index (χ1) is 13.5. The van der Waals surface area contributed by atoms with Crippen LogP contribution >= 0.6 is 11.6 Å². The third-order valence-corrected chi connectivity index (χ3v) is 4.81. The first kappa shape index (κ1) is 18.3. The molecule has 1 amide bonds. The Kier molecular flexibility index (Phi) is 4.88. The van der Waals surface area contributed by atoms with E-state index in [0.29, 0.717) is 17.2 Å². The Labute approximate surface area is 167 Å². The molecule has 0 saturated heterocycles. The summed E-state index contributed by atoms with van der Waals surface area (Å²) < 4.78 is 3.61. The molecular formula is C21H20ClN5O. The van der Waals surface area contributed by atoms with E-state index in [2.05, 4.69) is 15.4 Å². The van der Waals surface area contributed by atoms with Crippen LogP contribution in [0.2, 0.25) is 5.02 Å². The number of amides is 1. The number of nitrogens with one attached hydrogen (secondary N) is 1. The molecule has 3 aromatic heterocycles. The molecular weight excluding hydrogens is 374 g/mol. The molecule has 142 valence electrons. The van der Waals surface area contributed by atoms with Gasteiger partial charge in [0.25, 0.3) is 0 Å². The summed E-state index contributed by atoms with van der Waals surface area (Å²) in [4.78, 5) is 17.2. The van der Waals surface area contributed by atoms with Crippen LogP contribution in [0.3, 0.4) is 0 Å². The van der Waals surface area contributed by atoms with E-state index in [-0.39, 0.29) is 12.5 Å². The van der Waals surface area contributed by atoms with Crippen molar-refractivity contribution in [3.05, 3.63) is 76.7 Å². The monoisotopic (exact) mass is 393 g/mol. The number of carbonyl (C=O) groups excluding carboxylic acids is 1. The lowest BCUT2D eigenvalue weighted by Gasteiger charge is -2.07. The smallest absolute Gasteiger partial charge is 0.242 e. The zero-order valence-electron chi connectivity index (χ0n) is 15.7. The topological polar surface area (TPSA) is 64.7 Å². The maximum absolute atomic E-state index is 12.5. The van der Waals surface area contributed by atoms with E-state index >= 15 is 0 Å². The van der Waals surface area contributed by atoms with Crippen LogP contribution < -0.4 is 5.32 Å². The second-order valence-electron chi connectivity index (χ2n) is 6.75. The summed E-state index contributed by atoms with van der Waals surface area (Å²) in [6.45, 7) is 4.52. The number of aryl methyl sites for hydroxylation is 2. The van der Waals surface area contributed by atoms with Gasteiger partial charge in [-0.25, -0.2) is 9.67 Å². The molecule has 0 radical (unpaired) electrons. The summed E-state index contributed by atoms with van der Waals surface area (Å²) in [5.74, 6) is 0.648. The first-order valence-corrected chi connectivity index (χ1v) is 9.38. The van der Waals surface area contributed by atoms with Crippen molar-refractivity contribution in [3.63, 3.8) is 0 Å².